The molecule has 1 saturated heterocycles. The Bertz CT molecular complexity index is 403. The van der Waals surface area contributed by atoms with E-state index in [0.717, 1.165) is 25.3 Å². The van der Waals surface area contributed by atoms with Crippen LogP contribution >= 0.6 is 0 Å². The molecule has 0 spiro atoms. The monoisotopic (exact) mass is 249 g/mol. The van der Waals surface area contributed by atoms with Crippen molar-refractivity contribution in [3.8, 4) is 0 Å². The maximum absolute atomic E-state index is 11.4. The van der Waals surface area contributed by atoms with E-state index in [1.54, 1.807) is 12.3 Å². The van der Waals surface area contributed by atoms with Crippen LogP contribution in [-0.4, -0.2) is 37.7 Å². The average Bonchev–Trinajstić information content (AvgIpc) is 2.45. The molecule has 0 amide bonds. The topological polar surface area (TPSA) is 63.2 Å². The highest BCUT2D eigenvalue weighted by Gasteiger charge is 2.13. The summed E-state index contributed by atoms with van der Waals surface area (Å²) in [5.41, 5.74) is 1.26. The molecule has 1 fully saturated rings. The summed E-state index contributed by atoms with van der Waals surface area (Å²) in [5.74, 6) is 0.293. The number of carbonyl (C=O) groups is 1. The number of nitrogens with one attached hydrogen (secondary N) is 2. The standard InChI is InChI=1S/C13H19N3O2/c1-18-13(17)12-8-11(4-7-15-12)16-9-10-2-5-14-6-3-10/h4,7-8,10,14H,2-3,5-6,9H2,1H3,(H,15,16). The molecular formula is C13H19N3O2. The van der Waals surface area contributed by atoms with Crippen LogP contribution in [0.4, 0.5) is 5.69 Å². The van der Waals surface area contributed by atoms with Crippen LogP contribution in [-0.2, 0) is 4.74 Å². The van der Waals surface area contributed by atoms with Gasteiger partial charge >= 0.3 is 5.97 Å². The highest BCUT2D eigenvalue weighted by molar-refractivity contribution is 5.88. The molecular weight excluding hydrogens is 230 g/mol. The van der Waals surface area contributed by atoms with E-state index in [2.05, 4.69) is 20.4 Å². The van der Waals surface area contributed by atoms with E-state index >= 15 is 0 Å². The fraction of sp³-hybridized carbons (Fsp3) is 0.538. The van der Waals surface area contributed by atoms with E-state index in [4.69, 9.17) is 0 Å². The number of pyridine rings is 1. The van der Waals surface area contributed by atoms with Crippen LogP contribution in [0, 0.1) is 5.92 Å². The zero-order valence-corrected chi connectivity index (χ0v) is 10.6. The molecule has 0 aliphatic carbocycles. The van der Waals surface area contributed by atoms with Crippen molar-refractivity contribution in [3.05, 3.63) is 24.0 Å². The van der Waals surface area contributed by atoms with Crippen molar-refractivity contribution in [2.75, 3.05) is 32.1 Å². The summed E-state index contributed by atoms with van der Waals surface area (Å²) in [6.45, 7) is 3.12. The molecule has 0 aromatic carbocycles. The summed E-state index contributed by atoms with van der Waals surface area (Å²) in [6.07, 6.45) is 4.01. The van der Waals surface area contributed by atoms with Gasteiger partial charge in [0, 0.05) is 18.4 Å². The fourth-order valence-electron chi connectivity index (χ4n) is 2.10. The SMILES string of the molecule is COC(=O)c1cc(NCC2CCNCC2)ccn1. The molecule has 1 aliphatic rings. The Labute approximate surface area is 107 Å². The van der Waals surface area contributed by atoms with Gasteiger partial charge in [-0.15, -0.1) is 0 Å². The Morgan fingerprint density at radius 2 is 2.33 bits per heavy atom. The van der Waals surface area contributed by atoms with Gasteiger partial charge in [-0.1, -0.05) is 0 Å². The molecule has 0 atom stereocenters. The number of anilines is 1. The number of esters is 1. The minimum absolute atomic E-state index is 0.341. The maximum Gasteiger partial charge on any atom is 0.356 e. The van der Waals surface area contributed by atoms with Gasteiger partial charge in [-0.3, -0.25) is 0 Å². The summed E-state index contributed by atoms with van der Waals surface area (Å²) < 4.78 is 4.65. The largest absolute Gasteiger partial charge is 0.464 e. The summed E-state index contributed by atoms with van der Waals surface area (Å²) >= 11 is 0. The third-order valence-corrected chi connectivity index (χ3v) is 3.21. The van der Waals surface area contributed by atoms with Gasteiger partial charge in [-0.25, -0.2) is 9.78 Å². The zero-order chi connectivity index (χ0) is 12.8. The minimum atomic E-state index is -0.402. The number of hydrogen-bond donors (Lipinski definition) is 2. The molecule has 2 N–H and O–H groups in total. The Balaban J connectivity index is 1.90. The fourth-order valence-corrected chi connectivity index (χ4v) is 2.10. The van der Waals surface area contributed by atoms with Crippen molar-refractivity contribution in [3.63, 3.8) is 0 Å². The minimum Gasteiger partial charge on any atom is -0.464 e. The molecule has 98 valence electrons. The molecule has 0 saturated carbocycles. The number of ether oxygens (including phenoxy) is 1. The van der Waals surface area contributed by atoms with Crippen LogP contribution in [0.25, 0.3) is 0 Å². The molecule has 0 bridgehead atoms. The lowest BCUT2D eigenvalue weighted by Gasteiger charge is -2.23. The quantitative estimate of drug-likeness (QED) is 0.787. The molecule has 5 nitrogen and oxygen atoms in total. The van der Waals surface area contributed by atoms with Crippen molar-refractivity contribution in [2.45, 2.75) is 12.8 Å². The summed E-state index contributed by atoms with van der Waals surface area (Å²) in [5, 5.41) is 6.70. The molecule has 0 radical (unpaired) electrons. The first-order valence-electron chi connectivity index (χ1n) is 6.28. The van der Waals surface area contributed by atoms with Gasteiger partial charge in [0.2, 0.25) is 0 Å². The normalized spacial score (nSPS) is 16.3. The Morgan fingerprint density at radius 1 is 1.56 bits per heavy atom. The van der Waals surface area contributed by atoms with Gasteiger partial charge in [0.15, 0.2) is 0 Å². The lowest BCUT2D eigenvalue weighted by Crippen LogP contribution is -2.31. The molecule has 1 aromatic heterocycles. The first-order chi connectivity index (χ1) is 8.79. The summed E-state index contributed by atoms with van der Waals surface area (Å²) in [7, 11) is 1.36. The Hall–Kier alpha value is -1.62. The van der Waals surface area contributed by atoms with Crippen molar-refractivity contribution < 1.29 is 9.53 Å². The van der Waals surface area contributed by atoms with E-state index < -0.39 is 5.97 Å². The smallest absolute Gasteiger partial charge is 0.356 e. The molecule has 1 aromatic rings. The van der Waals surface area contributed by atoms with E-state index in [1.165, 1.54) is 20.0 Å². The Morgan fingerprint density at radius 3 is 3.06 bits per heavy atom. The van der Waals surface area contributed by atoms with E-state index in [0.29, 0.717) is 11.6 Å². The van der Waals surface area contributed by atoms with Crippen LogP contribution < -0.4 is 10.6 Å². The van der Waals surface area contributed by atoms with Gasteiger partial charge in [0.05, 0.1) is 7.11 Å². The number of rotatable bonds is 4. The third kappa shape index (κ3) is 3.43. The predicted molar refractivity (Wildman–Crippen MR) is 69.7 cm³/mol. The number of aromatic nitrogens is 1. The second kappa shape index (κ2) is 6.35. The number of piperidine rings is 1. The van der Waals surface area contributed by atoms with E-state index in [-0.39, 0.29) is 0 Å². The third-order valence-electron chi connectivity index (χ3n) is 3.21. The Kier molecular flexibility index (Phi) is 4.52. The first-order valence-corrected chi connectivity index (χ1v) is 6.28. The number of hydrogen-bond acceptors (Lipinski definition) is 5. The predicted octanol–water partition coefficient (Wildman–Crippen LogP) is 1.28. The highest BCUT2D eigenvalue weighted by Crippen LogP contribution is 2.14. The van der Waals surface area contributed by atoms with Crippen molar-refractivity contribution in [2.24, 2.45) is 5.92 Å². The van der Waals surface area contributed by atoms with Gasteiger partial charge < -0.3 is 15.4 Å². The lowest BCUT2D eigenvalue weighted by molar-refractivity contribution is 0.0594. The zero-order valence-electron chi connectivity index (χ0n) is 10.6. The first kappa shape index (κ1) is 12.8. The van der Waals surface area contributed by atoms with Gasteiger partial charge in [-0.2, -0.15) is 0 Å². The highest BCUT2D eigenvalue weighted by atomic mass is 16.5. The number of methoxy groups -OCH3 is 1. The van der Waals surface area contributed by atoms with Crippen LogP contribution in [0.15, 0.2) is 18.3 Å². The summed E-state index contributed by atoms with van der Waals surface area (Å²) in [4.78, 5) is 15.3. The number of carbonyl (C=O) groups excluding carboxylic acids is 1. The maximum atomic E-state index is 11.4. The molecule has 5 heteroatoms. The van der Waals surface area contributed by atoms with Crippen molar-refractivity contribution in [1.29, 1.82) is 0 Å². The number of nitrogens with zero attached hydrogens (tertiary/aromatic N) is 1. The van der Waals surface area contributed by atoms with Crippen LogP contribution in [0.5, 0.6) is 0 Å². The van der Waals surface area contributed by atoms with Crippen molar-refractivity contribution >= 4 is 11.7 Å². The van der Waals surface area contributed by atoms with E-state index in [9.17, 15) is 4.79 Å². The molecule has 2 heterocycles. The van der Waals surface area contributed by atoms with Gasteiger partial charge in [0.25, 0.3) is 0 Å². The molecule has 18 heavy (non-hydrogen) atoms. The average molecular weight is 249 g/mol. The van der Waals surface area contributed by atoms with Gasteiger partial charge in [0.1, 0.15) is 5.69 Å². The second-order valence-corrected chi connectivity index (χ2v) is 4.50. The van der Waals surface area contributed by atoms with Crippen LogP contribution in [0.3, 0.4) is 0 Å². The lowest BCUT2D eigenvalue weighted by atomic mass is 9.98. The second-order valence-electron chi connectivity index (χ2n) is 4.50. The molecule has 0 unspecified atom stereocenters. The van der Waals surface area contributed by atoms with Crippen molar-refractivity contribution in [1.82, 2.24) is 10.3 Å². The molecule has 1 aliphatic heterocycles. The van der Waals surface area contributed by atoms with Crippen LogP contribution in [0.2, 0.25) is 0 Å². The van der Waals surface area contributed by atoms with E-state index in [1.807, 2.05) is 6.07 Å². The van der Waals surface area contributed by atoms with Gasteiger partial charge in [-0.05, 0) is 44.0 Å². The van der Waals surface area contributed by atoms with Crippen LogP contribution in [0.1, 0.15) is 23.3 Å². The molecule has 2 rings (SSSR count). The summed E-state index contributed by atoms with van der Waals surface area (Å²) in [6, 6.07) is 3.60.